The van der Waals surface area contributed by atoms with Gasteiger partial charge in [0.05, 0.1) is 0 Å². The number of carbonyl (C=O) groups excluding carboxylic acids is 2. The molecule has 1 aliphatic heterocycles. The van der Waals surface area contributed by atoms with Crippen molar-refractivity contribution in [1.29, 1.82) is 0 Å². The minimum Gasteiger partial charge on any atom is -0.324 e. The number of likely N-dealkylation sites (tertiary alicyclic amines) is 1. The van der Waals surface area contributed by atoms with Crippen LogP contribution in [0.15, 0.2) is 48.5 Å². The largest absolute Gasteiger partial charge is 0.324 e. The topological polar surface area (TPSA) is 61.4 Å². The lowest BCUT2D eigenvalue weighted by atomic mass is 10.2. The summed E-state index contributed by atoms with van der Waals surface area (Å²) < 4.78 is 12.9. The van der Waals surface area contributed by atoms with Gasteiger partial charge in [-0.15, -0.1) is 0 Å². The van der Waals surface area contributed by atoms with E-state index in [9.17, 15) is 14.0 Å². The van der Waals surface area contributed by atoms with E-state index in [0.29, 0.717) is 29.4 Å². The summed E-state index contributed by atoms with van der Waals surface area (Å²) >= 11 is 5.83. The fourth-order valence-corrected chi connectivity index (χ4v) is 2.90. The Balaban J connectivity index is 1.64. The minimum absolute atomic E-state index is 0.282. The molecule has 3 amide bonds. The van der Waals surface area contributed by atoms with Crippen LogP contribution in [0, 0.1) is 5.82 Å². The van der Waals surface area contributed by atoms with Gasteiger partial charge in [0.2, 0.25) is 5.91 Å². The van der Waals surface area contributed by atoms with E-state index in [-0.39, 0.29) is 17.8 Å². The van der Waals surface area contributed by atoms with Gasteiger partial charge in [0, 0.05) is 22.9 Å². The average molecular weight is 362 g/mol. The third kappa shape index (κ3) is 4.28. The quantitative estimate of drug-likeness (QED) is 0.864. The van der Waals surface area contributed by atoms with Gasteiger partial charge in [-0.25, -0.2) is 9.18 Å². The van der Waals surface area contributed by atoms with Crippen molar-refractivity contribution in [1.82, 2.24) is 4.90 Å². The van der Waals surface area contributed by atoms with E-state index in [1.165, 1.54) is 29.2 Å². The summed E-state index contributed by atoms with van der Waals surface area (Å²) in [5, 5.41) is 6.07. The maximum absolute atomic E-state index is 12.9. The molecule has 1 atom stereocenters. The number of rotatable bonds is 3. The molecule has 7 heteroatoms. The molecule has 2 aromatic carbocycles. The normalized spacial score (nSPS) is 16.6. The Morgan fingerprint density at radius 2 is 1.60 bits per heavy atom. The molecule has 0 unspecified atom stereocenters. The molecule has 0 aromatic heterocycles. The van der Waals surface area contributed by atoms with Crippen molar-refractivity contribution < 1.29 is 14.0 Å². The van der Waals surface area contributed by atoms with E-state index < -0.39 is 6.04 Å². The third-order valence-electron chi connectivity index (χ3n) is 4.02. The van der Waals surface area contributed by atoms with Crippen LogP contribution in [0.3, 0.4) is 0 Å². The van der Waals surface area contributed by atoms with Crippen LogP contribution in [0.1, 0.15) is 12.8 Å². The van der Waals surface area contributed by atoms with Crippen molar-refractivity contribution in [3.8, 4) is 0 Å². The van der Waals surface area contributed by atoms with Gasteiger partial charge in [-0.3, -0.25) is 4.79 Å². The second-order valence-electron chi connectivity index (χ2n) is 5.78. The van der Waals surface area contributed by atoms with Gasteiger partial charge in [0.15, 0.2) is 0 Å². The minimum atomic E-state index is -0.558. The molecule has 1 saturated heterocycles. The number of urea groups is 1. The number of carbonyl (C=O) groups is 2. The Morgan fingerprint density at radius 1 is 1.00 bits per heavy atom. The van der Waals surface area contributed by atoms with Crippen LogP contribution in [-0.4, -0.2) is 29.4 Å². The molecule has 25 heavy (non-hydrogen) atoms. The second-order valence-corrected chi connectivity index (χ2v) is 6.22. The lowest BCUT2D eigenvalue weighted by Gasteiger charge is -2.24. The molecule has 1 aliphatic rings. The maximum atomic E-state index is 12.9. The highest BCUT2D eigenvalue weighted by Gasteiger charge is 2.34. The first-order chi connectivity index (χ1) is 12.0. The number of benzene rings is 2. The number of hydrogen-bond acceptors (Lipinski definition) is 2. The van der Waals surface area contributed by atoms with Gasteiger partial charge in [-0.1, -0.05) is 11.6 Å². The Bertz CT molecular complexity index is 699. The Morgan fingerprint density at radius 3 is 2.28 bits per heavy atom. The van der Waals surface area contributed by atoms with Gasteiger partial charge in [0.1, 0.15) is 11.9 Å². The van der Waals surface area contributed by atoms with E-state index in [1.54, 1.807) is 24.3 Å². The van der Waals surface area contributed by atoms with Crippen molar-refractivity contribution in [3.63, 3.8) is 0 Å². The average Bonchev–Trinajstić information content (AvgIpc) is 3.09. The molecule has 1 fully saturated rings. The lowest BCUT2D eigenvalue weighted by Crippen LogP contribution is -2.45. The van der Waals surface area contributed by atoms with Gasteiger partial charge in [-0.05, 0) is 61.4 Å². The van der Waals surface area contributed by atoms with Crippen LogP contribution < -0.4 is 10.6 Å². The number of nitrogens with one attached hydrogen (secondary N) is 2. The molecule has 5 nitrogen and oxygen atoms in total. The number of nitrogens with zero attached hydrogens (tertiary/aromatic N) is 1. The molecule has 2 aromatic rings. The Kier molecular flexibility index (Phi) is 5.19. The smallest absolute Gasteiger partial charge is 0.322 e. The van der Waals surface area contributed by atoms with E-state index in [4.69, 9.17) is 11.6 Å². The molecule has 2 N–H and O–H groups in total. The second kappa shape index (κ2) is 7.53. The molecular formula is C18H17ClFN3O2. The van der Waals surface area contributed by atoms with Crippen LogP contribution in [0.5, 0.6) is 0 Å². The van der Waals surface area contributed by atoms with E-state index >= 15 is 0 Å². The first kappa shape index (κ1) is 17.2. The molecule has 0 aliphatic carbocycles. The summed E-state index contributed by atoms with van der Waals surface area (Å²) in [5.41, 5.74) is 1.11. The third-order valence-corrected chi connectivity index (χ3v) is 4.28. The summed E-state index contributed by atoms with van der Waals surface area (Å²) in [5.74, 6) is -0.654. The molecule has 0 spiro atoms. The molecular weight excluding hydrogens is 345 g/mol. The predicted octanol–water partition coefficient (Wildman–Crippen LogP) is 4.11. The number of anilines is 2. The Hall–Kier alpha value is -2.60. The van der Waals surface area contributed by atoms with E-state index in [1.807, 2.05) is 0 Å². The first-order valence-corrected chi connectivity index (χ1v) is 8.30. The van der Waals surface area contributed by atoms with Crippen LogP contribution in [0.25, 0.3) is 0 Å². The molecule has 0 saturated carbocycles. The zero-order valence-electron chi connectivity index (χ0n) is 13.3. The van der Waals surface area contributed by atoms with Crippen LogP contribution >= 0.6 is 11.6 Å². The van der Waals surface area contributed by atoms with Crippen molar-refractivity contribution in [2.75, 3.05) is 17.2 Å². The SMILES string of the molecule is O=C(Nc1ccc(F)cc1)[C@@H]1CCCN1C(=O)Nc1ccc(Cl)cc1. The highest BCUT2D eigenvalue weighted by Crippen LogP contribution is 2.21. The lowest BCUT2D eigenvalue weighted by molar-refractivity contribution is -0.119. The fourth-order valence-electron chi connectivity index (χ4n) is 2.77. The molecule has 0 radical (unpaired) electrons. The number of hydrogen-bond donors (Lipinski definition) is 2. The van der Waals surface area contributed by atoms with Crippen molar-refractivity contribution >= 4 is 34.9 Å². The van der Waals surface area contributed by atoms with Gasteiger partial charge < -0.3 is 15.5 Å². The summed E-state index contributed by atoms with van der Waals surface area (Å²) in [4.78, 5) is 26.4. The Labute approximate surface area is 149 Å². The standard InChI is InChI=1S/C18H17ClFN3O2/c19-12-3-7-15(8-4-12)22-18(25)23-11-1-2-16(23)17(24)21-14-9-5-13(20)6-10-14/h3-10,16H,1-2,11H2,(H,21,24)(H,22,25)/t16-/m0/s1. The first-order valence-electron chi connectivity index (χ1n) is 7.92. The van der Waals surface area contributed by atoms with Gasteiger partial charge >= 0.3 is 6.03 Å². The number of halogens is 2. The van der Waals surface area contributed by atoms with Crippen LogP contribution in [0.2, 0.25) is 5.02 Å². The maximum Gasteiger partial charge on any atom is 0.322 e. The van der Waals surface area contributed by atoms with E-state index in [0.717, 1.165) is 6.42 Å². The van der Waals surface area contributed by atoms with Gasteiger partial charge in [0.25, 0.3) is 0 Å². The van der Waals surface area contributed by atoms with E-state index in [2.05, 4.69) is 10.6 Å². The zero-order chi connectivity index (χ0) is 17.8. The molecule has 130 valence electrons. The van der Waals surface area contributed by atoms with Crippen molar-refractivity contribution in [2.24, 2.45) is 0 Å². The highest BCUT2D eigenvalue weighted by atomic mass is 35.5. The van der Waals surface area contributed by atoms with Crippen LogP contribution in [-0.2, 0) is 4.79 Å². The van der Waals surface area contributed by atoms with Crippen LogP contribution in [0.4, 0.5) is 20.6 Å². The summed E-state index contributed by atoms with van der Waals surface area (Å²) in [6, 6.07) is 11.4. The summed E-state index contributed by atoms with van der Waals surface area (Å²) in [7, 11) is 0. The summed E-state index contributed by atoms with van der Waals surface area (Å²) in [6.45, 7) is 0.501. The zero-order valence-corrected chi connectivity index (χ0v) is 14.1. The molecule has 0 bridgehead atoms. The molecule has 3 rings (SSSR count). The van der Waals surface area contributed by atoms with Gasteiger partial charge in [-0.2, -0.15) is 0 Å². The van der Waals surface area contributed by atoms with Crippen molar-refractivity contribution in [2.45, 2.75) is 18.9 Å². The summed E-state index contributed by atoms with van der Waals surface area (Å²) in [6.07, 6.45) is 1.33. The fraction of sp³-hybridized carbons (Fsp3) is 0.222. The monoisotopic (exact) mass is 361 g/mol. The number of amides is 3. The molecule has 1 heterocycles. The highest BCUT2D eigenvalue weighted by molar-refractivity contribution is 6.30. The predicted molar refractivity (Wildman–Crippen MR) is 95.2 cm³/mol. The van der Waals surface area contributed by atoms with Crippen molar-refractivity contribution in [3.05, 3.63) is 59.4 Å².